The summed E-state index contributed by atoms with van der Waals surface area (Å²) in [7, 11) is 0. The maximum absolute atomic E-state index is 11.6. The Labute approximate surface area is 81.4 Å². The first-order valence-electron chi connectivity index (χ1n) is 3.52. The summed E-state index contributed by atoms with van der Waals surface area (Å²) in [5.41, 5.74) is 0. The Kier molecular flexibility index (Phi) is 4.23. The number of ether oxygens (including phenoxy) is 1. The quantitative estimate of drug-likeness (QED) is 0.752. The van der Waals surface area contributed by atoms with Crippen LogP contribution in [0.25, 0.3) is 0 Å². The van der Waals surface area contributed by atoms with E-state index in [9.17, 15) is 8.78 Å². The highest BCUT2D eigenvalue weighted by Crippen LogP contribution is 2.04. The molecule has 7 heteroatoms. The molecule has 13 heavy (non-hydrogen) atoms. The summed E-state index contributed by atoms with van der Waals surface area (Å²) < 4.78 is 32.8. The predicted molar refractivity (Wildman–Crippen MR) is 42.5 cm³/mol. The van der Waals surface area contributed by atoms with E-state index in [1.807, 2.05) is 0 Å². The van der Waals surface area contributed by atoms with E-state index in [2.05, 4.69) is 30.8 Å². The van der Waals surface area contributed by atoms with Crippen molar-refractivity contribution in [3.63, 3.8) is 0 Å². The summed E-state index contributed by atoms with van der Waals surface area (Å²) in [6.07, 6.45) is -2.10. The lowest BCUT2D eigenvalue weighted by Gasteiger charge is -1.99. The predicted octanol–water partition coefficient (Wildman–Crippen LogP) is 1.66. The highest BCUT2D eigenvalue weighted by atomic mass is 79.9. The van der Waals surface area contributed by atoms with Gasteiger partial charge < -0.3 is 9.26 Å². The molecule has 0 amide bonds. The summed E-state index contributed by atoms with van der Waals surface area (Å²) in [4.78, 5) is 3.80. The Morgan fingerprint density at radius 3 is 2.85 bits per heavy atom. The molecule has 0 aliphatic rings. The van der Waals surface area contributed by atoms with E-state index in [4.69, 9.17) is 4.52 Å². The van der Waals surface area contributed by atoms with Gasteiger partial charge in [-0.05, 0) is 21.1 Å². The van der Waals surface area contributed by atoms with E-state index < -0.39 is 13.0 Å². The molecule has 1 rings (SSSR count). The van der Waals surface area contributed by atoms with Crippen LogP contribution in [0.2, 0.25) is 0 Å². The van der Waals surface area contributed by atoms with Crippen molar-refractivity contribution in [2.45, 2.75) is 12.8 Å². The molecule has 0 spiro atoms. The molecule has 0 aliphatic heterocycles. The lowest BCUT2D eigenvalue weighted by atomic mass is 10.4. The molecule has 1 aromatic heterocycles. The van der Waals surface area contributed by atoms with Gasteiger partial charge in [0.05, 0.1) is 13.0 Å². The van der Waals surface area contributed by atoms with Crippen molar-refractivity contribution in [3.05, 3.63) is 10.6 Å². The molecular weight excluding hydrogens is 250 g/mol. The van der Waals surface area contributed by atoms with Crippen LogP contribution in [0.4, 0.5) is 8.78 Å². The minimum absolute atomic E-state index is 0.152. The van der Waals surface area contributed by atoms with Gasteiger partial charge in [-0.3, -0.25) is 0 Å². The van der Waals surface area contributed by atoms with E-state index in [0.717, 1.165) is 0 Å². The van der Waals surface area contributed by atoms with Crippen molar-refractivity contribution in [2.24, 2.45) is 0 Å². The molecule has 0 atom stereocenters. The highest BCUT2D eigenvalue weighted by Gasteiger charge is 2.05. The Morgan fingerprint density at radius 2 is 2.31 bits per heavy atom. The second-order valence-electron chi connectivity index (χ2n) is 2.17. The number of hydrogen-bond acceptors (Lipinski definition) is 4. The maximum atomic E-state index is 11.6. The van der Waals surface area contributed by atoms with Crippen LogP contribution in [0.1, 0.15) is 5.89 Å². The monoisotopic (exact) mass is 256 g/mol. The van der Waals surface area contributed by atoms with Crippen molar-refractivity contribution in [2.75, 3.05) is 13.2 Å². The Balaban J connectivity index is 2.13. The molecule has 0 saturated heterocycles. The second-order valence-corrected chi connectivity index (χ2v) is 2.88. The lowest BCUT2D eigenvalue weighted by molar-refractivity contribution is 0.0171. The molecule has 0 aliphatic carbocycles. The summed E-state index contributed by atoms with van der Waals surface area (Å²) in [5.74, 6) is 0.362. The first kappa shape index (κ1) is 10.5. The normalized spacial score (nSPS) is 11.1. The van der Waals surface area contributed by atoms with Gasteiger partial charge in [0.2, 0.25) is 10.6 Å². The van der Waals surface area contributed by atoms with Crippen LogP contribution in [-0.2, 0) is 11.2 Å². The smallest absolute Gasteiger partial charge is 0.261 e. The fraction of sp³-hybridized carbons (Fsp3) is 0.667. The van der Waals surface area contributed by atoms with Crippen LogP contribution in [-0.4, -0.2) is 29.8 Å². The van der Waals surface area contributed by atoms with Gasteiger partial charge in [0, 0.05) is 0 Å². The standard InChI is InChI=1S/C6H7BrF2N2O2/c7-6-10-5(13-11-6)1-2-12-3-4(8)9/h4H,1-3H2. The number of halogens is 3. The van der Waals surface area contributed by atoms with E-state index >= 15 is 0 Å². The first-order chi connectivity index (χ1) is 6.18. The van der Waals surface area contributed by atoms with Gasteiger partial charge in [-0.15, -0.1) is 0 Å². The zero-order valence-corrected chi connectivity index (χ0v) is 8.13. The van der Waals surface area contributed by atoms with Crippen LogP contribution < -0.4 is 0 Å². The molecule has 0 fully saturated rings. The maximum Gasteiger partial charge on any atom is 0.261 e. The fourth-order valence-corrected chi connectivity index (χ4v) is 0.938. The number of alkyl halides is 2. The molecule has 0 unspecified atom stereocenters. The Morgan fingerprint density at radius 1 is 1.54 bits per heavy atom. The summed E-state index contributed by atoms with van der Waals surface area (Å²) in [5, 5.41) is 3.46. The zero-order chi connectivity index (χ0) is 9.68. The average Bonchev–Trinajstić information content (AvgIpc) is 2.45. The molecule has 0 radical (unpaired) electrons. The molecule has 74 valence electrons. The zero-order valence-electron chi connectivity index (χ0n) is 6.54. The lowest BCUT2D eigenvalue weighted by Crippen LogP contribution is -2.07. The largest absolute Gasteiger partial charge is 0.375 e. The molecule has 0 N–H and O–H groups in total. The summed E-state index contributed by atoms with van der Waals surface area (Å²) in [6.45, 7) is -0.408. The SMILES string of the molecule is FC(F)COCCc1nc(Br)no1. The van der Waals surface area contributed by atoms with Gasteiger partial charge >= 0.3 is 0 Å². The number of hydrogen-bond donors (Lipinski definition) is 0. The van der Waals surface area contributed by atoms with Crippen LogP contribution in [0.15, 0.2) is 9.26 Å². The highest BCUT2D eigenvalue weighted by molar-refractivity contribution is 9.10. The van der Waals surface area contributed by atoms with Crippen molar-refractivity contribution >= 4 is 15.9 Å². The second kappa shape index (κ2) is 5.23. The van der Waals surface area contributed by atoms with Crippen molar-refractivity contribution in [1.29, 1.82) is 0 Å². The van der Waals surface area contributed by atoms with Crippen LogP contribution in [0, 0.1) is 0 Å². The van der Waals surface area contributed by atoms with Crippen molar-refractivity contribution in [3.8, 4) is 0 Å². The molecule has 0 bridgehead atoms. The van der Waals surface area contributed by atoms with Crippen molar-refractivity contribution < 1.29 is 18.0 Å². The van der Waals surface area contributed by atoms with Gasteiger partial charge in [-0.2, -0.15) is 4.98 Å². The Hall–Kier alpha value is -0.560. The fourth-order valence-electron chi connectivity index (χ4n) is 0.668. The van der Waals surface area contributed by atoms with E-state index in [0.29, 0.717) is 17.0 Å². The average molecular weight is 257 g/mol. The Bertz CT molecular complexity index is 257. The summed E-state index contributed by atoms with van der Waals surface area (Å²) >= 11 is 2.99. The molecule has 1 aromatic rings. The molecule has 0 aromatic carbocycles. The number of aromatic nitrogens is 2. The van der Waals surface area contributed by atoms with Gasteiger partial charge in [0.25, 0.3) is 6.43 Å². The first-order valence-corrected chi connectivity index (χ1v) is 4.32. The molecular formula is C6H7BrF2N2O2. The number of nitrogens with zero attached hydrogens (tertiary/aromatic N) is 2. The van der Waals surface area contributed by atoms with E-state index in [1.165, 1.54) is 0 Å². The third kappa shape index (κ3) is 4.28. The third-order valence-corrected chi connectivity index (χ3v) is 1.47. The van der Waals surface area contributed by atoms with Gasteiger partial charge in [0.1, 0.15) is 6.61 Å². The number of rotatable bonds is 5. The van der Waals surface area contributed by atoms with E-state index in [1.54, 1.807) is 0 Å². The van der Waals surface area contributed by atoms with Crippen LogP contribution in [0.5, 0.6) is 0 Å². The minimum atomic E-state index is -2.44. The molecule has 1 heterocycles. The third-order valence-electron chi connectivity index (χ3n) is 1.15. The van der Waals surface area contributed by atoms with E-state index in [-0.39, 0.29) is 6.61 Å². The van der Waals surface area contributed by atoms with Gasteiger partial charge in [-0.1, -0.05) is 0 Å². The van der Waals surface area contributed by atoms with Crippen molar-refractivity contribution in [1.82, 2.24) is 10.1 Å². The van der Waals surface area contributed by atoms with Gasteiger partial charge in [0.15, 0.2) is 0 Å². The van der Waals surface area contributed by atoms with Gasteiger partial charge in [-0.25, -0.2) is 8.78 Å². The van der Waals surface area contributed by atoms with Crippen LogP contribution in [0.3, 0.4) is 0 Å². The van der Waals surface area contributed by atoms with Crippen LogP contribution >= 0.6 is 15.9 Å². The molecule has 4 nitrogen and oxygen atoms in total. The summed E-state index contributed by atoms with van der Waals surface area (Å²) in [6, 6.07) is 0. The molecule has 0 saturated carbocycles. The topological polar surface area (TPSA) is 48.2 Å². The minimum Gasteiger partial charge on any atom is -0.375 e.